The Morgan fingerprint density at radius 1 is 1.31 bits per heavy atom. The molecule has 0 heterocycles. The van der Waals surface area contributed by atoms with Gasteiger partial charge in [-0.25, -0.2) is 4.79 Å². The predicted octanol–water partition coefficient (Wildman–Crippen LogP) is 2.25. The molecule has 0 radical (unpaired) electrons. The fraction of sp³-hybridized carbons (Fsp3) is 0.100. The molecule has 0 bridgehead atoms. The normalized spacial score (nSPS) is 9.62. The summed E-state index contributed by atoms with van der Waals surface area (Å²) in [6.07, 6.45) is 2.70. The topological polar surface area (TPSA) is 72.3 Å². The molecule has 3 heteroatoms. The summed E-state index contributed by atoms with van der Waals surface area (Å²) in [7, 11) is 0. The molecule has 1 rings (SSSR count). The second-order valence-corrected chi connectivity index (χ2v) is 2.58. The van der Waals surface area contributed by atoms with Crippen molar-refractivity contribution in [1.82, 2.24) is 6.15 Å². The molecule has 0 unspecified atom stereocenters. The summed E-state index contributed by atoms with van der Waals surface area (Å²) < 4.78 is 0. The monoisotopic (exact) mass is 179 g/mol. The summed E-state index contributed by atoms with van der Waals surface area (Å²) in [4.78, 5) is 10.2. The molecule has 0 fully saturated rings. The van der Waals surface area contributed by atoms with E-state index >= 15 is 0 Å². The van der Waals surface area contributed by atoms with Crippen LogP contribution in [0.25, 0.3) is 6.08 Å². The second-order valence-electron chi connectivity index (χ2n) is 2.58. The average Bonchev–Trinajstić information content (AvgIpc) is 2.03. The van der Waals surface area contributed by atoms with Crippen LogP contribution in [0.3, 0.4) is 0 Å². The van der Waals surface area contributed by atoms with Crippen molar-refractivity contribution in [1.29, 1.82) is 0 Å². The molecule has 0 aliphatic rings. The van der Waals surface area contributed by atoms with Crippen molar-refractivity contribution in [3.63, 3.8) is 0 Å². The van der Waals surface area contributed by atoms with Gasteiger partial charge < -0.3 is 11.3 Å². The Kier molecular flexibility index (Phi) is 4.48. The summed E-state index contributed by atoms with van der Waals surface area (Å²) in [5.74, 6) is -0.921. The van der Waals surface area contributed by atoms with Crippen LogP contribution in [0.1, 0.15) is 11.1 Å². The molecule has 13 heavy (non-hydrogen) atoms. The van der Waals surface area contributed by atoms with Crippen molar-refractivity contribution >= 4 is 12.0 Å². The summed E-state index contributed by atoms with van der Waals surface area (Å²) in [5, 5.41) is 8.34. The van der Waals surface area contributed by atoms with Gasteiger partial charge in [0.05, 0.1) is 0 Å². The number of benzene rings is 1. The lowest BCUT2D eigenvalue weighted by atomic mass is 10.1. The first-order valence-corrected chi connectivity index (χ1v) is 3.66. The Morgan fingerprint density at radius 2 is 1.85 bits per heavy atom. The first-order valence-electron chi connectivity index (χ1n) is 3.66. The molecule has 0 aromatic heterocycles. The van der Waals surface area contributed by atoms with Gasteiger partial charge in [0, 0.05) is 6.08 Å². The Bertz CT molecular complexity index is 301. The van der Waals surface area contributed by atoms with E-state index in [2.05, 4.69) is 0 Å². The van der Waals surface area contributed by atoms with Crippen molar-refractivity contribution in [3.8, 4) is 0 Å². The number of carboxylic acids is 1. The molecule has 1 aromatic rings. The van der Waals surface area contributed by atoms with E-state index in [1.165, 1.54) is 5.56 Å². The zero-order chi connectivity index (χ0) is 8.97. The fourth-order valence-electron chi connectivity index (χ4n) is 0.845. The number of rotatable bonds is 2. The van der Waals surface area contributed by atoms with Gasteiger partial charge in [0.1, 0.15) is 0 Å². The smallest absolute Gasteiger partial charge is 0.328 e. The van der Waals surface area contributed by atoms with Gasteiger partial charge in [-0.1, -0.05) is 29.8 Å². The number of carboxylic acid groups (broad SMARTS) is 1. The fourth-order valence-corrected chi connectivity index (χ4v) is 0.845. The Balaban J connectivity index is 0.00000144. The minimum Gasteiger partial charge on any atom is -0.478 e. The Hall–Kier alpha value is -1.61. The molecule has 1 aromatic carbocycles. The summed E-state index contributed by atoms with van der Waals surface area (Å²) in [5.41, 5.74) is 2.07. The van der Waals surface area contributed by atoms with E-state index in [-0.39, 0.29) is 6.15 Å². The molecule has 70 valence electrons. The quantitative estimate of drug-likeness (QED) is 0.684. The number of hydrogen-bond donors (Lipinski definition) is 2. The van der Waals surface area contributed by atoms with Crippen LogP contribution in [0.4, 0.5) is 0 Å². The van der Waals surface area contributed by atoms with E-state index in [0.717, 1.165) is 11.6 Å². The summed E-state index contributed by atoms with van der Waals surface area (Å²) >= 11 is 0. The highest BCUT2D eigenvalue weighted by molar-refractivity contribution is 5.85. The SMILES string of the molecule is Cc1ccc(C=CC(=O)O)cc1.N. The van der Waals surface area contributed by atoms with Gasteiger partial charge >= 0.3 is 5.97 Å². The molecule has 3 nitrogen and oxygen atoms in total. The summed E-state index contributed by atoms with van der Waals surface area (Å²) in [6, 6.07) is 7.66. The van der Waals surface area contributed by atoms with Gasteiger partial charge in [-0.2, -0.15) is 0 Å². The minimum absolute atomic E-state index is 0. The average molecular weight is 179 g/mol. The Morgan fingerprint density at radius 3 is 2.31 bits per heavy atom. The zero-order valence-corrected chi connectivity index (χ0v) is 7.53. The maximum Gasteiger partial charge on any atom is 0.328 e. The van der Waals surface area contributed by atoms with Gasteiger partial charge in [-0.05, 0) is 18.6 Å². The van der Waals surface area contributed by atoms with E-state index in [1.54, 1.807) is 6.08 Å². The number of hydrogen-bond acceptors (Lipinski definition) is 2. The lowest BCUT2D eigenvalue weighted by Crippen LogP contribution is -1.85. The van der Waals surface area contributed by atoms with Crippen molar-refractivity contribution in [2.24, 2.45) is 0 Å². The molecule has 0 aliphatic heterocycles. The van der Waals surface area contributed by atoms with E-state index in [1.807, 2.05) is 31.2 Å². The first kappa shape index (κ1) is 11.4. The van der Waals surface area contributed by atoms with Crippen LogP contribution in [0.15, 0.2) is 30.3 Å². The lowest BCUT2D eigenvalue weighted by Gasteiger charge is -1.92. The number of aliphatic carboxylic acids is 1. The third-order valence-electron chi connectivity index (χ3n) is 1.50. The van der Waals surface area contributed by atoms with Gasteiger partial charge in [0.25, 0.3) is 0 Å². The predicted molar refractivity (Wildman–Crippen MR) is 52.9 cm³/mol. The van der Waals surface area contributed by atoms with E-state index in [9.17, 15) is 4.79 Å². The molecule has 0 amide bonds. The van der Waals surface area contributed by atoms with Crippen LogP contribution in [-0.4, -0.2) is 11.1 Å². The van der Waals surface area contributed by atoms with Gasteiger partial charge in [-0.3, -0.25) is 0 Å². The van der Waals surface area contributed by atoms with E-state index in [0.29, 0.717) is 0 Å². The third-order valence-corrected chi connectivity index (χ3v) is 1.50. The molecule has 4 N–H and O–H groups in total. The standard InChI is InChI=1S/C10H10O2.H3N/c1-8-2-4-9(5-3-8)6-7-10(11)12;/h2-7H,1H3,(H,11,12);1H3. The van der Waals surface area contributed by atoms with Gasteiger partial charge in [0.15, 0.2) is 0 Å². The van der Waals surface area contributed by atoms with Crippen LogP contribution in [0.5, 0.6) is 0 Å². The van der Waals surface area contributed by atoms with Crippen molar-refractivity contribution < 1.29 is 9.90 Å². The highest BCUT2D eigenvalue weighted by Gasteiger charge is 1.88. The first-order chi connectivity index (χ1) is 5.68. The van der Waals surface area contributed by atoms with Gasteiger partial charge in [0.2, 0.25) is 0 Å². The van der Waals surface area contributed by atoms with Crippen molar-refractivity contribution in [3.05, 3.63) is 41.5 Å². The maximum absolute atomic E-state index is 10.2. The third kappa shape index (κ3) is 4.08. The molecule has 0 spiro atoms. The minimum atomic E-state index is -0.921. The summed E-state index contributed by atoms with van der Waals surface area (Å²) in [6.45, 7) is 1.99. The molecule has 0 saturated heterocycles. The van der Waals surface area contributed by atoms with E-state index < -0.39 is 5.97 Å². The van der Waals surface area contributed by atoms with Crippen LogP contribution in [0.2, 0.25) is 0 Å². The molecule has 0 aliphatic carbocycles. The highest BCUT2D eigenvalue weighted by atomic mass is 16.4. The van der Waals surface area contributed by atoms with Crippen molar-refractivity contribution in [2.45, 2.75) is 6.92 Å². The molecular formula is C10H13NO2. The number of aryl methyl sites for hydroxylation is 1. The number of carbonyl (C=O) groups is 1. The highest BCUT2D eigenvalue weighted by Crippen LogP contribution is 2.04. The molecular weight excluding hydrogens is 166 g/mol. The maximum atomic E-state index is 10.2. The van der Waals surface area contributed by atoms with Crippen LogP contribution < -0.4 is 6.15 Å². The van der Waals surface area contributed by atoms with Gasteiger partial charge in [-0.15, -0.1) is 0 Å². The Labute approximate surface area is 77.3 Å². The van der Waals surface area contributed by atoms with Crippen LogP contribution >= 0.6 is 0 Å². The lowest BCUT2D eigenvalue weighted by molar-refractivity contribution is -0.131. The molecule has 0 saturated carbocycles. The van der Waals surface area contributed by atoms with Crippen molar-refractivity contribution in [2.75, 3.05) is 0 Å². The van der Waals surface area contributed by atoms with Crippen LogP contribution in [-0.2, 0) is 4.79 Å². The van der Waals surface area contributed by atoms with E-state index in [4.69, 9.17) is 5.11 Å². The largest absolute Gasteiger partial charge is 0.478 e. The van der Waals surface area contributed by atoms with Crippen LogP contribution in [0, 0.1) is 6.92 Å². The second kappa shape index (κ2) is 5.11. The molecule has 0 atom stereocenters. The zero-order valence-electron chi connectivity index (χ0n) is 7.53.